The van der Waals surface area contributed by atoms with Crippen LogP contribution in [0.2, 0.25) is 0 Å². The summed E-state index contributed by atoms with van der Waals surface area (Å²) in [5.74, 6) is 0.255. The van der Waals surface area contributed by atoms with Crippen LogP contribution in [0.25, 0.3) is 0 Å². The number of nitrogens with zero attached hydrogens (tertiary/aromatic N) is 3. The Labute approximate surface area is 100 Å². The number of hydrogen-bond donors (Lipinski definition) is 1. The summed E-state index contributed by atoms with van der Waals surface area (Å²) in [5.41, 5.74) is 0. The molecule has 1 aromatic rings. The molecule has 1 saturated carbocycles. The summed E-state index contributed by atoms with van der Waals surface area (Å²) < 4.78 is 38.2. The highest BCUT2D eigenvalue weighted by Gasteiger charge is 2.38. The maximum Gasteiger partial charge on any atom is 0.415 e. The van der Waals surface area contributed by atoms with Crippen LogP contribution in [0.15, 0.2) is 5.16 Å². The molecule has 2 rings (SSSR count). The first-order valence-corrected chi connectivity index (χ1v) is 6.17. The number of thioether (sulfide) groups is 1. The molecule has 0 amide bonds. The van der Waals surface area contributed by atoms with Crippen LogP contribution in [0.4, 0.5) is 13.2 Å². The minimum atomic E-state index is -4.58. The van der Waals surface area contributed by atoms with Gasteiger partial charge in [-0.05, 0) is 19.8 Å². The van der Waals surface area contributed by atoms with Gasteiger partial charge in [0.25, 0.3) is 0 Å². The molecule has 1 N–H and O–H groups in total. The predicted molar refractivity (Wildman–Crippen MR) is 55.8 cm³/mol. The fourth-order valence-electron chi connectivity index (χ4n) is 1.45. The molecule has 1 heterocycles. The van der Waals surface area contributed by atoms with Gasteiger partial charge in [-0.25, -0.2) is 0 Å². The van der Waals surface area contributed by atoms with E-state index in [1.165, 1.54) is 0 Å². The summed E-state index contributed by atoms with van der Waals surface area (Å²) in [6.45, 7) is 1.77. The van der Waals surface area contributed by atoms with Crippen molar-refractivity contribution in [1.82, 2.24) is 14.8 Å². The van der Waals surface area contributed by atoms with Crippen molar-refractivity contribution in [3.63, 3.8) is 0 Å². The molecule has 4 nitrogen and oxygen atoms in total. The van der Waals surface area contributed by atoms with Crippen LogP contribution in [0.3, 0.4) is 0 Å². The number of aromatic nitrogens is 3. The van der Waals surface area contributed by atoms with E-state index in [0.29, 0.717) is 17.0 Å². The van der Waals surface area contributed by atoms with E-state index in [2.05, 4.69) is 10.2 Å². The van der Waals surface area contributed by atoms with Gasteiger partial charge in [0.2, 0.25) is 0 Å². The summed E-state index contributed by atoms with van der Waals surface area (Å²) >= 11 is 0.891. The van der Waals surface area contributed by atoms with E-state index in [4.69, 9.17) is 5.11 Å². The van der Waals surface area contributed by atoms with E-state index in [-0.39, 0.29) is 0 Å². The highest BCUT2D eigenvalue weighted by atomic mass is 32.2. The summed E-state index contributed by atoms with van der Waals surface area (Å²) in [7, 11) is 0. The molecule has 0 spiro atoms. The first-order valence-electron chi connectivity index (χ1n) is 5.18. The van der Waals surface area contributed by atoms with Crippen LogP contribution < -0.4 is 0 Å². The minimum Gasteiger partial charge on any atom is -0.383 e. The number of aliphatic hydroxyl groups excluding tert-OH is 1. The molecule has 0 aromatic carbocycles. The lowest BCUT2D eigenvalue weighted by Crippen LogP contribution is -2.30. The third-order valence-electron chi connectivity index (χ3n) is 2.50. The standard InChI is InChI=1S/C9H12F3N3OS/c1-5-13-14-8(15(5)6-2-3-6)17-4-7(16)9(10,11)12/h6-7,16H,2-4H2,1H3/t7-/m1/s1. The molecule has 0 bridgehead atoms. The van der Waals surface area contributed by atoms with Gasteiger partial charge in [0.15, 0.2) is 11.3 Å². The molecule has 1 aliphatic rings. The van der Waals surface area contributed by atoms with Crippen LogP contribution in [0, 0.1) is 6.92 Å². The Balaban J connectivity index is 2.00. The van der Waals surface area contributed by atoms with Gasteiger partial charge in [-0.3, -0.25) is 0 Å². The van der Waals surface area contributed by atoms with Crippen LogP contribution in [0.1, 0.15) is 24.7 Å². The third-order valence-corrected chi connectivity index (χ3v) is 3.51. The molecule has 0 aliphatic heterocycles. The zero-order chi connectivity index (χ0) is 12.6. The van der Waals surface area contributed by atoms with Crippen LogP contribution >= 0.6 is 11.8 Å². The largest absolute Gasteiger partial charge is 0.415 e. The predicted octanol–water partition coefficient (Wildman–Crippen LogP) is 1.94. The fraction of sp³-hybridized carbons (Fsp3) is 0.778. The Bertz CT molecular complexity index is 403. The normalized spacial score (nSPS) is 18.4. The summed E-state index contributed by atoms with van der Waals surface area (Å²) in [5, 5.41) is 17.0. The van der Waals surface area contributed by atoms with Crippen molar-refractivity contribution in [1.29, 1.82) is 0 Å². The molecule has 1 fully saturated rings. The number of rotatable bonds is 4. The first kappa shape index (κ1) is 12.7. The number of halogens is 3. The average Bonchev–Trinajstić information content (AvgIpc) is 2.99. The molecule has 1 aliphatic carbocycles. The van der Waals surface area contributed by atoms with E-state index in [1.807, 2.05) is 4.57 Å². The maximum atomic E-state index is 12.1. The zero-order valence-corrected chi connectivity index (χ0v) is 9.92. The molecule has 0 unspecified atom stereocenters. The summed E-state index contributed by atoms with van der Waals surface area (Å²) in [4.78, 5) is 0. The first-order chi connectivity index (χ1) is 7.89. The summed E-state index contributed by atoms with van der Waals surface area (Å²) in [6, 6.07) is 0.315. The second kappa shape index (κ2) is 4.49. The van der Waals surface area contributed by atoms with Crippen LogP contribution in [-0.2, 0) is 0 Å². The second-order valence-electron chi connectivity index (χ2n) is 4.00. The Morgan fingerprint density at radius 2 is 2.12 bits per heavy atom. The monoisotopic (exact) mass is 267 g/mol. The molecule has 1 atom stereocenters. The smallest absolute Gasteiger partial charge is 0.383 e. The van der Waals surface area contributed by atoms with E-state index in [1.54, 1.807) is 6.92 Å². The van der Waals surface area contributed by atoms with Crippen molar-refractivity contribution < 1.29 is 18.3 Å². The van der Waals surface area contributed by atoms with Gasteiger partial charge in [0.05, 0.1) is 0 Å². The number of hydrogen-bond acceptors (Lipinski definition) is 4. The van der Waals surface area contributed by atoms with Gasteiger partial charge in [-0.15, -0.1) is 10.2 Å². The Morgan fingerprint density at radius 1 is 1.47 bits per heavy atom. The lowest BCUT2D eigenvalue weighted by molar-refractivity contribution is -0.195. The highest BCUT2D eigenvalue weighted by Crippen LogP contribution is 2.39. The molecular weight excluding hydrogens is 255 g/mol. The molecule has 8 heteroatoms. The van der Waals surface area contributed by atoms with Gasteiger partial charge in [-0.2, -0.15) is 13.2 Å². The van der Waals surface area contributed by atoms with E-state index >= 15 is 0 Å². The van der Waals surface area contributed by atoms with Gasteiger partial charge < -0.3 is 9.67 Å². The molecule has 0 radical (unpaired) electrons. The SMILES string of the molecule is Cc1nnc(SC[C@@H](O)C(F)(F)F)n1C1CC1. The number of alkyl halides is 3. The van der Waals surface area contributed by atoms with Gasteiger partial charge >= 0.3 is 6.18 Å². The molecular formula is C9H12F3N3OS. The van der Waals surface area contributed by atoms with Crippen molar-refractivity contribution in [3.05, 3.63) is 5.82 Å². The van der Waals surface area contributed by atoms with Gasteiger partial charge in [0.1, 0.15) is 5.82 Å². The quantitative estimate of drug-likeness (QED) is 0.847. The minimum absolute atomic E-state index is 0.315. The molecule has 1 aromatic heterocycles. The maximum absolute atomic E-state index is 12.1. The molecule has 17 heavy (non-hydrogen) atoms. The van der Waals surface area contributed by atoms with Crippen molar-refractivity contribution in [2.45, 2.75) is 43.2 Å². The van der Waals surface area contributed by atoms with Gasteiger partial charge in [-0.1, -0.05) is 11.8 Å². The number of aryl methyl sites for hydroxylation is 1. The van der Waals surface area contributed by atoms with Gasteiger partial charge in [0, 0.05) is 11.8 Å². The van der Waals surface area contributed by atoms with E-state index < -0.39 is 18.0 Å². The van der Waals surface area contributed by atoms with E-state index in [9.17, 15) is 13.2 Å². The Kier molecular flexibility index (Phi) is 3.35. The number of aliphatic hydroxyl groups is 1. The average molecular weight is 267 g/mol. The van der Waals surface area contributed by atoms with Crippen LogP contribution in [0.5, 0.6) is 0 Å². The topological polar surface area (TPSA) is 50.9 Å². The van der Waals surface area contributed by atoms with Crippen molar-refractivity contribution in [2.24, 2.45) is 0 Å². The Morgan fingerprint density at radius 3 is 2.65 bits per heavy atom. The third kappa shape index (κ3) is 2.92. The highest BCUT2D eigenvalue weighted by molar-refractivity contribution is 7.99. The summed E-state index contributed by atoms with van der Waals surface area (Å²) in [6.07, 6.45) is -4.88. The fourth-order valence-corrected chi connectivity index (χ4v) is 2.46. The van der Waals surface area contributed by atoms with E-state index in [0.717, 1.165) is 24.6 Å². The zero-order valence-electron chi connectivity index (χ0n) is 9.11. The molecule has 96 valence electrons. The van der Waals surface area contributed by atoms with Crippen LogP contribution in [-0.4, -0.2) is 37.9 Å². The molecule has 0 saturated heterocycles. The van der Waals surface area contributed by atoms with Crippen molar-refractivity contribution >= 4 is 11.8 Å². The second-order valence-corrected chi connectivity index (χ2v) is 4.99. The van der Waals surface area contributed by atoms with Crippen molar-refractivity contribution in [3.8, 4) is 0 Å². The Hall–Kier alpha value is -0.760. The lowest BCUT2D eigenvalue weighted by Gasteiger charge is -2.13. The lowest BCUT2D eigenvalue weighted by atomic mass is 10.4. The van der Waals surface area contributed by atoms with Crippen molar-refractivity contribution in [2.75, 3.05) is 5.75 Å².